The van der Waals surface area contributed by atoms with Crippen molar-refractivity contribution < 1.29 is 9.13 Å². The molecule has 1 atom stereocenters. The van der Waals surface area contributed by atoms with Gasteiger partial charge in [0.05, 0.1) is 16.4 Å². The van der Waals surface area contributed by atoms with Crippen molar-refractivity contribution in [1.29, 1.82) is 0 Å². The van der Waals surface area contributed by atoms with Gasteiger partial charge in [-0.3, -0.25) is 4.68 Å². The molecular weight excluding hydrogens is 293 g/mol. The molecule has 1 aromatic heterocycles. The van der Waals surface area contributed by atoms with Crippen LogP contribution in [0.4, 0.5) is 4.39 Å². The van der Waals surface area contributed by atoms with Gasteiger partial charge in [0.1, 0.15) is 18.2 Å². The lowest BCUT2D eigenvalue weighted by molar-refractivity contribution is 0.289. The van der Waals surface area contributed by atoms with Gasteiger partial charge >= 0.3 is 0 Å². The Hall–Kier alpha value is -1.59. The molecule has 4 nitrogen and oxygen atoms in total. The number of halogens is 2. The number of nitrogens with zero attached hydrogens (tertiary/aromatic N) is 2. The van der Waals surface area contributed by atoms with E-state index in [2.05, 4.69) is 5.10 Å². The Morgan fingerprint density at radius 3 is 2.76 bits per heavy atom. The number of aromatic nitrogens is 2. The van der Waals surface area contributed by atoms with Crippen LogP contribution in [0, 0.1) is 5.82 Å². The first-order valence-corrected chi connectivity index (χ1v) is 7.19. The molecule has 1 heterocycles. The van der Waals surface area contributed by atoms with Crippen molar-refractivity contribution in [2.45, 2.75) is 32.9 Å². The first-order chi connectivity index (χ1) is 9.93. The number of rotatable bonds is 5. The molecule has 1 unspecified atom stereocenters. The molecule has 21 heavy (non-hydrogen) atoms. The zero-order chi connectivity index (χ0) is 15.6. The van der Waals surface area contributed by atoms with E-state index in [1.54, 1.807) is 10.7 Å². The van der Waals surface area contributed by atoms with E-state index in [1.807, 2.05) is 20.9 Å². The molecule has 0 aliphatic heterocycles. The van der Waals surface area contributed by atoms with Gasteiger partial charge < -0.3 is 10.5 Å². The number of ether oxygens (including phenoxy) is 1. The van der Waals surface area contributed by atoms with Crippen LogP contribution < -0.4 is 10.5 Å². The summed E-state index contributed by atoms with van der Waals surface area (Å²) in [6.45, 7) is 4.03. The van der Waals surface area contributed by atoms with E-state index in [1.165, 1.54) is 12.1 Å². The predicted molar refractivity (Wildman–Crippen MR) is 80.9 cm³/mol. The fourth-order valence-electron chi connectivity index (χ4n) is 2.13. The molecule has 0 saturated heterocycles. The first kappa shape index (κ1) is 15.8. The summed E-state index contributed by atoms with van der Waals surface area (Å²) in [5, 5.41) is 4.92. The molecule has 0 fully saturated rings. The fraction of sp³-hybridized carbons (Fsp3) is 0.400. The van der Waals surface area contributed by atoms with E-state index >= 15 is 0 Å². The van der Waals surface area contributed by atoms with Gasteiger partial charge in [-0.2, -0.15) is 5.10 Å². The average molecular weight is 312 g/mol. The highest BCUT2D eigenvalue weighted by atomic mass is 35.5. The summed E-state index contributed by atoms with van der Waals surface area (Å²) in [6.07, 6.45) is 0.748. The zero-order valence-corrected chi connectivity index (χ0v) is 13.1. The van der Waals surface area contributed by atoms with E-state index in [0.29, 0.717) is 10.8 Å². The van der Waals surface area contributed by atoms with Crippen LogP contribution >= 0.6 is 11.6 Å². The Labute approximate surface area is 128 Å². The lowest BCUT2D eigenvalue weighted by Gasteiger charge is -2.14. The summed E-state index contributed by atoms with van der Waals surface area (Å²) in [7, 11) is 1.81. The van der Waals surface area contributed by atoms with Crippen molar-refractivity contribution in [2.75, 3.05) is 0 Å². The average Bonchev–Trinajstić information content (AvgIpc) is 2.71. The molecular formula is C15H19ClFN3O. The number of nitrogens with two attached hydrogens (primary N) is 1. The van der Waals surface area contributed by atoms with E-state index in [4.69, 9.17) is 22.1 Å². The minimum Gasteiger partial charge on any atom is -0.487 e. The summed E-state index contributed by atoms with van der Waals surface area (Å²) in [6, 6.07) is 4.10. The summed E-state index contributed by atoms with van der Waals surface area (Å²) in [4.78, 5) is 0. The lowest BCUT2D eigenvalue weighted by atomic mass is 10.1. The Kier molecular flexibility index (Phi) is 4.85. The topological polar surface area (TPSA) is 53.1 Å². The van der Waals surface area contributed by atoms with Crippen LogP contribution in [0.1, 0.15) is 36.8 Å². The highest BCUT2D eigenvalue weighted by molar-refractivity contribution is 6.31. The Morgan fingerprint density at radius 2 is 2.19 bits per heavy atom. The van der Waals surface area contributed by atoms with Crippen LogP contribution in [0.25, 0.3) is 0 Å². The smallest absolute Gasteiger partial charge is 0.131 e. The number of aryl methyl sites for hydroxylation is 2. The van der Waals surface area contributed by atoms with Crippen LogP contribution in [0.15, 0.2) is 18.2 Å². The van der Waals surface area contributed by atoms with Gasteiger partial charge in [0.15, 0.2) is 0 Å². The maximum absolute atomic E-state index is 13.4. The minimum atomic E-state index is -0.361. The highest BCUT2D eigenvalue weighted by Crippen LogP contribution is 2.27. The largest absolute Gasteiger partial charge is 0.487 e. The quantitative estimate of drug-likeness (QED) is 0.921. The molecule has 1 aromatic carbocycles. The van der Waals surface area contributed by atoms with Gasteiger partial charge in [0.25, 0.3) is 0 Å². The third kappa shape index (κ3) is 3.36. The number of hydrogen-bond donors (Lipinski definition) is 1. The molecule has 6 heteroatoms. The SMILES string of the molecule is CCc1nn(C)c(COc2cc(F)ccc2C(C)N)c1Cl. The molecule has 2 rings (SSSR count). The molecule has 0 bridgehead atoms. The summed E-state index contributed by atoms with van der Waals surface area (Å²) < 4.78 is 20.8. The maximum atomic E-state index is 13.4. The standard InChI is InChI=1S/C15H19ClFN3O/c1-4-12-15(16)13(20(3)19-12)8-21-14-7-10(17)5-6-11(14)9(2)18/h5-7,9H,4,8,18H2,1-3H3. The molecule has 114 valence electrons. The van der Waals surface area contributed by atoms with Crippen LogP contribution in [0.2, 0.25) is 5.02 Å². The van der Waals surface area contributed by atoms with E-state index in [-0.39, 0.29) is 18.5 Å². The monoisotopic (exact) mass is 311 g/mol. The molecule has 2 N–H and O–H groups in total. The number of hydrogen-bond acceptors (Lipinski definition) is 3. The molecule has 0 aliphatic carbocycles. The maximum Gasteiger partial charge on any atom is 0.131 e. The van der Waals surface area contributed by atoms with Gasteiger partial charge in [0.2, 0.25) is 0 Å². The third-order valence-electron chi connectivity index (χ3n) is 3.33. The second-order valence-electron chi connectivity index (χ2n) is 4.94. The summed E-state index contributed by atoms with van der Waals surface area (Å²) in [5.74, 6) is 0.0695. The van der Waals surface area contributed by atoms with Gasteiger partial charge in [0, 0.05) is 24.7 Å². The Balaban J connectivity index is 2.24. The second kappa shape index (κ2) is 6.45. The molecule has 0 saturated carbocycles. The van der Waals surface area contributed by atoms with Gasteiger partial charge in [-0.1, -0.05) is 24.6 Å². The van der Waals surface area contributed by atoms with Crippen molar-refractivity contribution in [3.63, 3.8) is 0 Å². The molecule has 0 amide bonds. The fourth-order valence-corrected chi connectivity index (χ4v) is 2.48. The number of benzene rings is 1. The normalized spacial score (nSPS) is 12.5. The van der Waals surface area contributed by atoms with Gasteiger partial charge in [-0.15, -0.1) is 0 Å². The van der Waals surface area contributed by atoms with Crippen molar-refractivity contribution in [3.8, 4) is 5.75 Å². The highest BCUT2D eigenvalue weighted by Gasteiger charge is 2.15. The van der Waals surface area contributed by atoms with Crippen molar-refractivity contribution in [1.82, 2.24) is 9.78 Å². The van der Waals surface area contributed by atoms with E-state index in [0.717, 1.165) is 23.4 Å². The predicted octanol–water partition coefficient (Wildman–Crippen LogP) is 3.37. The Morgan fingerprint density at radius 1 is 1.48 bits per heavy atom. The van der Waals surface area contributed by atoms with E-state index in [9.17, 15) is 4.39 Å². The van der Waals surface area contributed by atoms with Crippen LogP contribution in [0.3, 0.4) is 0 Å². The molecule has 0 aliphatic rings. The van der Waals surface area contributed by atoms with Crippen molar-refractivity contribution in [2.24, 2.45) is 12.8 Å². The van der Waals surface area contributed by atoms with Crippen molar-refractivity contribution >= 4 is 11.6 Å². The summed E-state index contributed by atoms with van der Waals surface area (Å²) >= 11 is 6.27. The van der Waals surface area contributed by atoms with Crippen LogP contribution in [-0.4, -0.2) is 9.78 Å². The zero-order valence-electron chi connectivity index (χ0n) is 12.4. The lowest BCUT2D eigenvalue weighted by Crippen LogP contribution is -2.10. The minimum absolute atomic E-state index is 0.214. The Bertz CT molecular complexity index is 640. The molecule has 0 spiro atoms. The second-order valence-corrected chi connectivity index (χ2v) is 5.32. The van der Waals surface area contributed by atoms with Gasteiger partial charge in [-0.05, 0) is 19.4 Å². The first-order valence-electron chi connectivity index (χ1n) is 6.82. The van der Waals surface area contributed by atoms with Crippen LogP contribution in [0.5, 0.6) is 5.75 Å². The van der Waals surface area contributed by atoms with Crippen molar-refractivity contribution in [3.05, 3.63) is 46.0 Å². The van der Waals surface area contributed by atoms with Crippen LogP contribution in [-0.2, 0) is 20.1 Å². The summed E-state index contributed by atoms with van der Waals surface area (Å²) in [5.41, 5.74) is 8.21. The molecule has 2 aromatic rings. The van der Waals surface area contributed by atoms with Gasteiger partial charge in [-0.25, -0.2) is 4.39 Å². The third-order valence-corrected chi connectivity index (χ3v) is 3.77. The van der Waals surface area contributed by atoms with E-state index < -0.39 is 0 Å². The molecule has 0 radical (unpaired) electrons.